The molecule has 0 aliphatic heterocycles. The molecule has 0 bridgehead atoms. The predicted octanol–water partition coefficient (Wildman–Crippen LogP) is 0.994. The fraction of sp³-hybridized carbons (Fsp3) is 0.364. The highest BCUT2D eigenvalue weighted by atomic mass is 32.2. The molecule has 2 N–H and O–H groups in total. The van der Waals surface area contributed by atoms with Crippen LogP contribution in [-0.2, 0) is 19.4 Å². The number of benzene rings is 1. The van der Waals surface area contributed by atoms with Gasteiger partial charge in [0.1, 0.15) is 0 Å². The second kappa shape index (κ2) is 4.37. The van der Waals surface area contributed by atoms with Gasteiger partial charge in [-0.25, -0.2) is 8.42 Å². The maximum Gasteiger partial charge on any atom is 0.327 e. The molecular formula is C11H15NO4S. The maximum atomic E-state index is 12.3. The first kappa shape index (κ1) is 13.5. The molecule has 0 aliphatic carbocycles. The molecule has 0 saturated heterocycles. The first-order chi connectivity index (χ1) is 7.73. The highest BCUT2D eigenvalue weighted by Crippen LogP contribution is 2.27. The lowest BCUT2D eigenvalue weighted by atomic mass is 10.2. The van der Waals surface area contributed by atoms with Gasteiger partial charge in [0, 0.05) is 5.69 Å². The Labute approximate surface area is 100 Å². The largest absolute Gasteiger partial charge is 0.468 e. The summed E-state index contributed by atoms with van der Waals surface area (Å²) in [5, 5.41) is 0. The molecule has 1 rings (SSSR count). The van der Waals surface area contributed by atoms with Crippen LogP contribution in [0.25, 0.3) is 0 Å². The Bertz CT molecular complexity index is 534. The SMILES string of the molecule is COC(=O)C(C)(C)S(=O)(=O)c1cccc(N)c1. The number of ether oxygens (including phenoxy) is 1. The number of esters is 1. The molecule has 0 spiro atoms. The van der Waals surface area contributed by atoms with Crippen LogP contribution in [0, 0.1) is 0 Å². The van der Waals surface area contributed by atoms with Crippen LogP contribution in [0.5, 0.6) is 0 Å². The molecule has 0 saturated carbocycles. The normalized spacial score (nSPS) is 12.2. The number of carbonyl (C=O) groups excluding carboxylic acids is 1. The van der Waals surface area contributed by atoms with E-state index >= 15 is 0 Å². The van der Waals surface area contributed by atoms with Crippen molar-refractivity contribution in [2.24, 2.45) is 0 Å². The van der Waals surface area contributed by atoms with Crippen LogP contribution in [0.3, 0.4) is 0 Å². The summed E-state index contributed by atoms with van der Waals surface area (Å²) in [5.74, 6) is -0.806. The van der Waals surface area contributed by atoms with Crippen LogP contribution < -0.4 is 5.73 Å². The lowest BCUT2D eigenvalue weighted by Gasteiger charge is -2.21. The van der Waals surface area contributed by atoms with Crippen molar-refractivity contribution in [1.82, 2.24) is 0 Å². The Kier molecular flexibility index (Phi) is 3.47. The smallest absolute Gasteiger partial charge is 0.327 e. The van der Waals surface area contributed by atoms with E-state index in [1.807, 2.05) is 0 Å². The lowest BCUT2D eigenvalue weighted by Crippen LogP contribution is -2.41. The Balaban J connectivity index is 3.34. The van der Waals surface area contributed by atoms with Crippen molar-refractivity contribution in [2.75, 3.05) is 12.8 Å². The number of hydrogen-bond acceptors (Lipinski definition) is 5. The van der Waals surface area contributed by atoms with E-state index in [0.717, 1.165) is 7.11 Å². The third-order valence-corrected chi connectivity index (χ3v) is 4.90. The van der Waals surface area contributed by atoms with Gasteiger partial charge < -0.3 is 10.5 Å². The zero-order chi connectivity index (χ0) is 13.3. The molecule has 0 fully saturated rings. The molecule has 5 nitrogen and oxygen atoms in total. The number of carbonyl (C=O) groups is 1. The highest BCUT2D eigenvalue weighted by molar-refractivity contribution is 7.93. The van der Waals surface area contributed by atoms with Crippen molar-refractivity contribution in [3.8, 4) is 0 Å². The van der Waals surface area contributed by atoms with Gasteiger partial charge in [0.2, 0.25) is 0 Å². The van der Waals surface area contributed by atoms with E-state index in [-0.39, 0.29) is 4.90 Å². The first-order valence-electron chi connectivity index (χ1n) is 4.92. The molecule has 0 unspecified atom stereocenters. The standard InChI is InChI=1S/C11H15NO4S/c1-11(2,10(13)16-3)17(14,15)9-6-4-5-8(12)7-9/h4-7H,12H2,1-3H3. The number of sulfone groups is 1. The van der Waals surface area contributed by atoms with E-state index in [4.69, 9.17) is 5.73 Å². The molecule has 0 atom stereocenters. The summed E-state index contributed by atoms with van der Waals surface area (Å²) in [6.45, 7) is 2.61. The summed E-state index contributed by atoms with van der Waals surface area (Å²) in [7, 11) is -2.68. The van der Waals surface area contributed by atoms with Gasteiger partial charge in [-0.3, -0.25) is 4.79 Å². The second-order valence-electron chi connectivity index (χ2n) is 4.08. The quantitative estimate of drug-likeness (QED) is 0.644. The van der Waals surface area contributed by atoms with Crippen LogP contribution in [0.1, 0.15) is 13.8 Å². The third-order valence-electron chi connectivity index (χ3n) is 2.52. The average molecular weight is 257 g/mol. The molecule has 94 valence electrons. The molecule has 6 heteroatoms. The maximum absolute atomic E-state index is 12.3. The minimum Gasteiger partial charge on any atom is -0.468 e. The van der Waals surface area contributed by atoms with Crippen LogP contribution in [0.15, 0.2) is 29.2 Å². The van der Waals surface area contributed by atoms with Gasteiger partial charge >= 0.3 is 5.97 Å². The number of methoxy groups -OCH3 is 1. The summed E-state index contributed by atoms with van der Waals surface area (Å²) in [6, 6.07) is 5.82. The molecule has 1 aromatic rings. The zero-order valence-corrected chi connectivity index (χ0v) is 10.7. The summed E-state index contributed by atoms with van der Waals surface area (Å²) in [5.41, 5.74) is 5.85. The number of hydrogen-bond donors (Lipinski definition) is 1. The topological polar surface area (TPSA) is 86.5 Å². The van der Waals surface area contributed by atoms with Crippen LogP contribution in [-0.4, -0.2) is 26.2 Å². The molecule has 1 aromatic carbocycles. The fourth-order valence-corrected chi connectivity index (χ4v) is 2.77. The van der Waals surface area contributed by atoms with E-state index in [1.165, 1.54) is 32.0 Å². The van der Waals surface area contributed by atoms with E-state index in [2.05, 4.69) is 4.74 Å². The summed E-state index contributed by atoms with van der Waals surface area (Å²) in [4.78, 5) is 11.5. The van der Waals surface area contributed by atoms with Gasteiger partial charge in [0.15, 0.2) is 14.6 Å². The molecule has 0 heterocycles. The van der Waals surface area contributed by atoms with E-state index in [0.29, 0.717) is 5.69 Å². The van der Waals surface area contributed by atoms with Crippen LogP contribution in [0.2, 0.25) is 0 Å². The van der Waals surface area contributed by atoms with Crippen molar-refractivity contribution >= 4 is 21.5 Å². The Morgan fingerprint density at radius 2 is 1.94 bits per heavy atom. The molecule has 0 aliphatic rings. The van der Waals surface area contributed by atoms with Crippen LogP contribution >= 0.6 is 0 Å². The summed E-state index contributed by atoms with van der Waals surface area (Å²) in [6.07, 6.45) is 0. The van der Waals surface area contributed by atoms with Crippen molar-refractivity contribution < 1.29 is 17.9 Å². The Hall–Kier alpha value is -1.56. The number of anilines is 1. The lowest BCUT2D eigenvalue weighted by molar-refractivity contribution is -0.142. The fourth-order valence-electron chi connectivity index (χ4n) is 1.33. The number of nitrogen functional groups attached to an aromatic ring is 1. The first-order valence-corrected chi connectivity index (χ1v) is 6.40. The van der Waals surface area contributed by atoms with Crippen molar-refractivity contribution in [3.63, 3.8) is 0 Å². The van der Waals surface area contributed by atoms with Gasteiger partial charge in [-0.2, -0.15) is 0 Å². The molecular weight excluding hydrogens is 242 g/mol. The summed E-state index contributed by atoms with van der Waals surface area (Å²) < 4.78 is 27.4. The Morgan fingerprint density at radius 1 is 1.35 bits per heavy atom. The molecule has 0 amide bonds. The third kappa shape index (κ3) is 2.26. The molecule has 0 aromatic heterocycles. The average Bonchev–Trinajstić information content (AvgIpc) is 2.27. The predicted molar refractivity (Wildman–Crippen MR) is 64.1 cm³/mol. The highest BCUT2D eigenvalue weighted by Gasteiger charge is 2.43. The monoisotopic (exact) mass is 257 g/mol. The second-order valence-corrected chi connectivity index (χ2v) is 6.58. The summed E-state index contributed by atoms with van der Waals surface area (Å²) >= 11 is 0. The van der Waals surface area contributed by atoms with Gasteiger partial charge in [-0.1, -0.05) is 6.07 Å². The van der Waals surface area contributed by atoms with E-state index in [1.54, 1.807) is 6.07 Å². The van der Waals surface area contributed by atoms with Crippen molar-refractivity contribution in [1.29, 1.82) is 0 Å². The van der Waals surface area contributed by atoms with Gasteiger partial charge in [0.25, 0.3) is 0 Å². The minimum atomic E-state index is -3.83. The van der Waals surface area contributed by atoms with Gasteiger partial charge in [-0.05, 0) is 32.0 Å². The van der Waals surface area contributed by atoms with E-state index in [9.17, 15) is 13.2 Å². The molecule has 17 heavy (non-hydrogen) atoms. The number of rotatable bonds is 3. The molecule has 0 radical (unpaired) electrons. The van der Waals surface area contributed by atoms with Gasteiger partial charge in [-0.15, -0.1) is 0 Å². The van der Waals surface area contributed by atoms with Crippen molar-refractivity contribution in [2.45, 2.75) is 23.5 Å². The van der Waals surface area contributed by atoms with Crippen molar-refractivity contribution in [3.05, 3.63) is 24.3 Å². The minimum absolute atomic E-state index is 0.00731. The zero-order valence-electron chi connectivity index (χ0n) is 9.93. The van der Waals surface area contributed by atoms with Gasteiger partial charge in [0.05, 0.1) is 12.0 Å². The van der Waals surface area contributed by atoms with Crippen LogP contribution in [0.4, 0.5) is 5.69 Å². The van der Waals surface area contributed by atoms with E-state index < -0.39 is 20.6 Å². The Morgan fingerprint density at radius 3 is 2.41 bits per heavy atom. The number of nitrogens with two attached hydrogens (primary N) is 1.